The third kappa shape index (κ3) is 2.82. The first kappa shape index (κ1) is 13.3. The molecule has 0 aromatic heterocycles. The Hall–Kier alpha value is -1.11. The molecule has 0 saturated heterocycles. The molecular formula is C12H19N3O2S. The summed E-state index contributed by atoms with van der Waals surface area (Å²) in [5.41, 5.74) is 6.37. The van der Waals surface area contributed by atoms with Crippen LogP contribution in [-0.2, 0) is 10.0 Å². The Bertz CT molecular complexity index is 510. The molecule has 100 valence electrons. The molecule has 0 radical (unpaired) electrons. The molecule has 18 heavy (non-hydrogen) atoms. The molecule has 0 heterocycles. The van der Waals surface area contributed by atoms with Crippen molar-refractivity contribution in [3.8, 4) is 0 Å². The standard InChI is InChI=1S/C12H19N3O2S/c1-14-18(16,17)12-5-3-2-4-11(12)15-8-9-6-10(13)7-9/h2-5,9-10,14-15H,6-8,13H2,1H3. The molecular weight excluding hydrogens is 250 g/mol. The molecule has 1 aliphatic carbocycles. The second kappa shape index (κ2) is 5.26. The molecule has 6 heteroatoms. The van der Waals surface area contributed by atoms with Gasteiger partial charge in [-0.05, 0) is 37.9 Å². The van der Waals surface area contributed by atoms with E-state index in [-0.39, 0.29) is 4.90 Å². The fourth-order valence-electron chi connectivity index (χ4n) is 2.17. The second-order valence-electron chi connectivity index (χ2n) is 4.68. The Morgan fingerprint density at radius 1 is 1.33 bits per heavy atom. The number of hydrogen-bond donors (Lipinski definition) is 3. The lowest BCUT2D eigenvalue weighted by molar-refractivity contribution is 0.280. The van der Waals surface area contributed by atoms with Crippen LogP contribution < -0.4 is 15.8 Å². The van der Waals surface area contributed by atoms with Gasteiger partial charge in [-0.3, -0.25) is 0 Å². The van der Waals surface area contributed by atoms with Gasteiger partial charge in [-0.25, -0.2) is 13.1 Å². The first-order valence-corrected chi connectivity index (χ1v) is 7.53. The number of nitrogens with two attached hydrogens (primary N) is 1. The number of anilines is 1. The fourth-order valence-corrected chi connectivity index (χ4v) is 3.07. The molecule has 0 aliphatic heterocycles. The second-order valence-corrected chi connectivity index (χ2v) is 6.54. The predicted octanol–water partition coefficient (Wildman–Crippen LogP) is 0.744. The van der Waals surface area contributed by atoms with Crippen LogP contribution in [0.5, 0.6) is 0 Å². The van der Waals surface area contributed by atoms with Gasteiger partial charge in [0.25, 0.3) is 0 Å². The van der Waals surface area contributed by atoms with Crippen LogP contribution in [0, 0.1) is 5.92 Å². The minimum atomic E-state index is -3.41. The van der Waals surface area contributed by atoms with Crippen LogP contribution in [0.2, 0.25) is 0 Å². The number of nitrogens with one attached hydrogen (secondary N) is 2. The van der Waals surface area contributed by atoms with Crippen molar-refractivity contribution >= 4 is 15.7 Å². The molecule has 1 aromatic rings. The average Bonchev–Trinajstić information content (AvgIpc) is 2.33. The molecule has 1 fully saturated rings. The highest BCUT2D eigenvalue weighted by Gasteiger charge is 2.26. The van der Waals surface area contributed by atoms with E-state index in [9.17, 15) is 8.42 Å². The minimum absolute atomic E-state index is 0.288. The Balaban J connectivity index is 2.08. The third-order valence-corrected chi connectivity index (χ3v) is 4.77. The Kier molecular flexibility index (Phi) is 3.89. The van der Waals surface area contributed by atoms with Crippen molar-refractivity contribution in [2.24, 2.45) is 11.7 Å². The molecule has 0 spiro atoms. The van der Waals surface area contributed by atoms with Crippen molar-refractivity contribution in [1.29, 1.82) is 0 Å². The fraction of sp³-hybridized carbons (Fsp3) is 0.500. The summed E-state index contributed by atoms with van der Waals surface area (Å²) in [7, 11) is -2.00. The van der Waals surface area contributed by atoms with E-state index >= 15 is 0 Å². The maximum Gasteiger partial charge on any atom is 0.242 e. The summed E-state index contributed by atoms with van der Waals surface area (Å²) in [5.74, 6) is 0.547. The SMILES string of the molecule is CNS(=O)(=O)c1ccccc1NCC1CC(N)C1. The highest BCUT2D eigenvalue weighted by Crippen LogP contribution is 2.27. The van der Waals surface area contributed by atoms with Gasteiger partial charge in [0.2, 0.25) is 10.0 Å². The van der Waals surface area contributed by atoms with E-state index in [1.54, 1.807) is 18.2 Å². The van der Waals surface area contributed by atoms with Gasteiger partial charge < -0.3 is 11.1 Å². The van der Waals surface area contributed by atoms with Crippen LogP contribution in [0.4, 0.5) is 5.69 Å². The lowest BCUT2D eigenvalue weighted by atomic mass is 9.81. The number of sulfonamides is 1. The van der Waals surface area contributed by atoms with E-state index in [2.05, 4.69) is 10.0 Å². The van der Waals surface area contributed by atoms with Gasteiger partial charge in [0.05, 0.1) is 5.69 Å². The Morgan fingerprint density at radius 3 is 2.61 bits per heavy atom. The van der Waals surface area contributed by atoms with Gasteiger partial charge >= 0.3 is 0 Å². The highest BCUT2D eigenvalue weighted by atomic mass is 32.2. The summed E-state index contributed by atoms with van der Waals surface area (Å²) in [6, 6.07) is 7.23. The van der Waals surface area contributed by atoms with Crippen molar-refractivity contribution in [1.82, 2.24) is 4.72 Å². The summed E-state index contributed by atoms with van der Waals surface area (Å²) in [5, 5.41) is 3.20. The van der Waals surface area contributed by atoms with Crippen LogP contribution in [0.15, 0.2) is 29.2 Å². The molecule has 0 atom stereocenters. The quantitative estimate of drug-likeness (QED) is 0.736. The zero-order valence-corrected chi connectivity index (χ0v) is 11.2. The van der Waals surface area contributed by atoms with Gasteiger partial charge in [0, 0.05) is 12.6 Å². The van der Waals surface area contributed by atoms with E-state index < -0.39 is 10.0 Å². The number of hydrogen-bond acceptors (Lipinski definition) is 4. The number of para-hydroxylation sites is 1. The van der Waals surface area contributed by atoms with Crippen LogP contribution in [-0.4, -0.2) is 28.1 Å². The maximum atomic E-state index is 11.8. The summed E-state index contributed by atoms with van der Waals surface area (Å²) in [6.45, 7) is 0.768. The molecule has 0 amide bonds. The molecule has 0 bridgehead atoms. The number of rotatable bonds is 5. The normalized spacial score (nSPS) is 23.4. The van der Waals surface area contributed by atoms with E-state index in [0.29, 0.717) is 17.6 Å². The van der Waals surface area contributed by atoms with Gasteiger partial charge in [0.1, 0.15) is 4.90 Å². The van der Waals surface area contributed by atoms with E-state index in [4.69, 9.17) is 5.73 Å². The average molecular weight is 269 g/mol. The number of benzene rings is 1. The monoisotopic (exact) mass is 269 g/mol. The van der Waals surface area contributed by atoms with E-state index in [0.717, 1.165) is 19.4 Å². The van der Waals surface area contributed by atoms with Crippen LogP contribution in [0.3, 0.4) is 0 Å². The summed E-state index contributed by atoms with van der Waals surface area (Å²) >= 11 is 0. The smallest absolute Gasteiger partial charge is 0.242 e. The first-order chi connectivity index (χ1) is 8.53. The molecule has 1 saturated carbocycles. The lowest BCUT2D eigenvalue weighted by Crippen LogP contribution is -2.39. The Morgan fingerprint density at radius 2 is 2.00 bits per heavy atom. The van der Waals surface area contributed by atoms with Gasteiger partial charge in [-0.1, -0.05) is 12.1 Å². The van der Waals surface area contributed by atoms with Gasteiger partial charge in [-0.2, -0.15) is 0 Å². The third-order valence-electron chi connectivity index (χ3n) is 3.30. The molecule has 0 unspecified atom stereocenters. The molecule has 1 aromatic carbocycles. The lowest BCUT2D eigenvalue weighted by Gasteiger charge is -2.32. The van der Waals surface area contributed by atoms with Crippen molar-refractivity contribution in [2.75, 3.05) is 18.9 Å². The van der Waals surface area contributed by atoms with E-state index in [1.165, 1.54) is 7.05 Å². The summed E-state index contributed by atoms with van der Waals surface area (Å²) < 4.78 is 26.0. The zero-order valence-electron chi connectivity index (χ0n) is 10.4. The van der Waals surface area contributed by atoms with Crippen LogP contribution in [0.1, 0.15) is 12.8 Å². The minimum Gasteiger partial charge on any atom is -0.384 e. The van der Waals surface area contributed by atoms with Crippen LogP contribution in [0.25, 0.3) is 0 Å². The van der Waals surface area contributed by atoms with Crippen molar-refractivity contribution in [3.05, 3.63) is 24.3 Å². The van der Waals surface area contributed by atoms with Crippen LogP contribution >= 0.6 is 0 Å². The van der Waals surface area contributed by atoms with E-state index in [1.807, 2.05) is 6.07 Å². The zero-order chi connectivity index (χ0) is 13.2. The Labute approximate surface area is 108 Å². The van der Waals surface area contributed by atoms with Crippen molar-refractivity contribution in [3.63, 3.8) is 0 Å². The van der Waals surface area contributed by atoms with Crippen molar-refractivity contribution < 1.29 is 8.42 Å². The molecule has 5 nitrogen and oxygen atoms in total. The molecule has 1 aliphatic rings. The molecule has 4 N–H and O–H groups in total. The topological polar surface area (TPSA) is 84.2 Å². The largest absolute Gasteiger partial charge is 0.384 e. The first-order valence-electron chi connectivity index (χ1n) is 6.05. The molecule has 2 rings (SSSR count). The summed E-state index contributed by atoms with van der Waals surface area (Å²) in [4.78, 5) is 0.288. The predicted molar refractivity (Wildman–Crippen MR) is 71.9 cm³/mol. The maximum absolute atomic E-state index is 11.8. The van der Waals surface area contributed by atoms with Gasteiger partial charge in [-0.15, -0.1) is 0 Å². The highest BCUT2D eigenvalue weighted by molar-refractivity contribution is 7.89. The van der Waals surface area contributed by atoms with Crippen molar-refractivity contribution in [2.45, 2.75) is 23.8 Å². The van der Waals surface area contributed by atoms with Gasteiger partial charge in [0.15, 0.2) is 0 Å². The summed E-state index contributed by atoms with van der Waals surface area (Å²) in [6.07, 6.45) is 2.02.